The molecule has 2 rings (SSSR count). The fourth-order valence-corrected chi connectivity index (χ4v) is 4.18. The van der Waals surface area contributed by atoms with Crippen LogP contribution >= 0.6 is 11.3 Å². The van der Waals surface area contributed by atoms with Crippen molar-refractivity contribution in [2.24, 2.45) is 0 Å². The summed E-state index contributed by atoms with van der Waals surface area (Å²) in [5.41, 5.74) is 0.477. The van der Waals surface area contributed by atoms with E-state index in [1.54, 1.807) is 19.1 Å². The first-order valence-electron chi connectivity index (χ1n) is 5.91. The molecule has 0 aliphatic carbocycles. The van der Waals surface area contributed by atoms with Gasteiger partial charge in [0, 0.05) is 17.9 Å². The van der Waals surface area contributed by atoms with Crippen molar-refractivity contribution in [1.29, 1.82) is 0 Å². The normalized spacial score (nSPS) is 11.6. The van der Waals surface area contributed by atoms with Crippen LogP contribution in [-0.2, 0) is 16.4 Å². The van der Waals surface area contributed by atoms with E-state index in [2.05, 4.69) is 4.72 Å². The Hall–Kier alpha value is -1.44. The van der Waals surface area contributed by atoms with Gasteiger partial charge in [0.15, 0.2) is 0 Å². The highest BCUT2D eigenvalue weighted by Crippen LogP contribution is 2.27. The number of sulfonamides is 1. The lowest BCUT2D eigenvalue weighted by Gasteiger charge is -2.09. The molecule has 2 aromatic rings. The van der Waals surface area contributed by atoms with Gasteiger partial charge < -0.3 is 5.11 Å². The standard InChI is InChI=1S/C13H14FNO3S2/c1-9-3-2-4-11(14)13(9)15-20(17,18)12-6-5-10(19-12)7-8-16/h2-6,15-16H,7-8H2,1H3. The summed E-state index contributed by atoms with van der Waals surface area (Å²) in [5, 5.41) is 8.83. The van der Waals surface area contributed by atoms with Crippen LogP contribution in [0.1, 0.15) is 10.4 Å². The third-order valence-electron chi connectivity index (χ3n) is 2.72. The molecule has 1 aromatic carbocycles. The summed E-state index contributed by atoms with van der Waals surface area (Å²) >= 11 is 1.06. The van der Waals surface area contributed by atoms with E-state index >= 15 is 0 Å². The molecule has 1 heterocycles. The maximum absolute atomic E-state index is 13.7. The van der Waals surface area contributed by atoms with Gasteiger partial charge in [0.25, 0.3) is 10.0 Å². The van der Waals surface area contributed by atoms with Gasteiger partial charge in [0.1, 0.15) is 10.0 Å². The fourth-order valence-electron chi connectivity index (χ4n) is 1.69. The zero-order valence-electron chi connectivity index (χ0n) is 10.8. The molecular formula is C13H14FNO3S2. The second-order valence-electron chi connectivity index (χ2n) is 4.23. The summed E-state index contributed by atoms with van der Waals surface area (Å²) in [4.78, 5) is 0.762. The summed E-state index contributed by atoms with van der Waals surface area (Å²) in [5.74, 6) is -0.610. The van der Waals surface area contributed by atoms with Gasteiger partial charge in [-0.25, -0.2) is 12.8 Å². The molecule has 0 fully saturated rings. The molecule has 20 heavy (non-hydrogen) atoms. The monoisotopic (exact) mass is 315 g/mol. The zero-order valence-corrected chi connectivity index (χ0v) is 12.4. The van der Waals surface area contributed by atoms with E-state index in [1.807, 2.05) is 0 Å². The van der Waals surface area contributed by atoms with Crippen LogP contribution in [0.2, 0.25) is 0 Å². The van der Waals surface area contributed by atoms with Gasteiger partial charge in [-0.1, -0.05) is 12.1 Å². The molecule has 0 radical (unpaired) electrons. The van der Waals surface area contributed by atoms with Crippen molar-refractivity contribution in [3.63, 3.8) is 0 Å². The zero-order chi connectivity index (χ0) is 14.8. The number of halogens is 1. The van der Waals surface area contributed by atoms with Crippen LogP contribution in [0.5, 0.6) is 0 Å². The van der Waals surface area contributed by atoms with E-state index in [0.29, 0.717) is 12.0 Å². The Morgan fingerprint density at radius 2 is 2.05 bits per heavy atom. The van der Waals surface area contributed by atoms with Crippen LogP contribution in [0, 0.1) is 12.7 Å². The molecule has 108 valence electrons. The van der Waals surface area contributed by atoms with Gasteiger partial charge in [-0.2, -0.15) is 0 Å². The van der Waals surface area contributed by atoms with E-state index in [4.69, 9.17) is 5.11 Å². The molecule has 1 aromatic heterocycles. The van der Waals surface area contributed by atoms with Gasteiger partial charge in [-0.15, -0.1) is 11.3 Å². The Morgan fingerprint density at radius 1 is 1.30 bits per heavy atom. The molecule has 0 atom stereocenters. The number of thiophene rings is 1. The largest absolute Gasteiger partial charge is 0.396 e. The van der Waals surface area contributed by atoms with Crippen molar-refractivity contribution in [2.75, 3.05) is 11.3 Å². The van der Waals surface area contributed by atoms with Crippen molar-refractivity contribution in [3.8, 4) is 0 Å². The summed E-state index contributed by atoms with van der Waals surface area (Å²) in [6.45, 7) is 1.59. The van der Waals surface area contributed by atoms with Crippen LogP contribution in [0.3, 0.4) is 0 Å². The van der Waals surface area contributed by atoms with Crippen LogP contribution in [0.15, 0.2) is 34.5 Å². The quantitative estimate of drug-likeness (QED) is 0.891. The smallest absolute Gasteiger partial charge is 0.271 e. The number of hydrogen-bond donors (Lipinski definition) is 2. The van der Waals surface area contributed by atoms with Crippen LogP contribution in [0.4, 0.5) is 10.1 Å². The first kappa shape index (κ1) is 15.0. The Labute approximate surface area is 120 Å². The molecule has 0 spiro atoms. The number of hydrogen-bond acceptors (Lipinski definition) is 4. The molecule has 0 bridgehead atoms. The maximum atomic E-state index is 13.7. The first-order valence-corrected chi connectivity index (χ1v) is 8.21. The van der Waals surface area contributed by atoms with Crippen LogP contribution < -0.4 is 4.72 Å². The molecule has 4 nitrogen and oxygen atoms in total. The SMILES string of the molecule is Cc1cccc(F)c1NS(=O)(=O)c1ccc(CCO)s1. The van der Waals surface area contributed by atoms with Gasteiger partial charge in [-0.05, 0) is 30.7 Å². The van der Waals surface area contributed by atoms with Crippen LogP contribution in [0.25, 0.3) is 0 Å². The van der Waals surface area contributed by atoms with Crippen molar-refractivity contribution >= 4 is 27.0 Å². The highest BCUT2D eigenvalue weighted by Gasteiger charge is 2.19. The Kier molecular flexibility index (Phi) is 4.42. The second kappa shape index (κ2) is 5.90. The fraction of sp³-hybridized carbons (Fsp3) is 0.231. The molecule has 0 amide bonds. The van der Waals surface area contributed by atoms with E-state index < -0.39 is 15.8 Å². The summed E-state index contributed by atoms with van der Waals surface area (Å²) in [6.07, 6.45) is 0.402. The Bertz CT molecular complexity index is 690. The van der Waals surface area contributed by atoms with Gasteiger partial charge in [0.2, 0.25) is 0 Å². The predicted octanol–water partition coefficient (Wildman–Crippen LogP) is 2.53. The predicted molar refractivity (Wildman–Crippen MR) is 77.1 cm³/mol. The highest BCUT2D eigenvalue weighted by atomic mass is 32.2. The molecule has 2 N–H and O–H groups in total. The summed E-state index contributed by atoms with van der Waals surface area (Å²) in [6, 6.07) is 7.45. The number of nitrogens with one attached hydrogen (secondary N) is 1. The summed E-state index contributed by atoms with van der Waals surface area (Å²) < 4.78 is 40.4. The van der Waals surface area contributed by atoms with Crippen molar-refractivity contribution < 1.29 is 17.9 Å². The van der Waals surface area contributed by atoms with E-state index in [-0.39, 0.29) is 16.5 Å². The average molecular weight is 315 g/mol. The van der Waals surface area contributed by atoms with E-state index in [1.165, 1.54) is 18.2 Å². The van der Waals surface area contributed by atoms with Gasteiger partial charge in [0.05, 0.1) is 5.69 Å². The Morgan fingerprint density at radius 3 is 2.70 bits per heavy atom. The van der Waals surface area contributed by atoms with Crippen molar-refractivity contribution in [3.05, 3.63) is 46.6 Å². The Balaban J connectivity index is 2.31. The van der Waals surface area contributed by atoms with Gasteiger partial charge in [-0.3, -0.25) is 4.72 Å². The number of para-hydroxylation sites is 1. The average Bonchev–Trinajstić information content (AvgIpc) is 2.84. The highest BCUT2D eigenvalue weighted by molar-refractivity contribution is 7.94. The lowest BCUT2D eigenvalue weighted by molar-refractivity contribution is 0.300. The van der Waals surface area contributed by atoms with Crippen LogP contribution in [-0.4, -0.2) is 20.1 Å². The number of aliphatic hydroxyl groups excluding tert-OH is 1. The molecule has 0 aliphatic rings. The number of rotatable bonds is 5. The minimum Gasteiger partial charge on any atom is -0.396 e. The number of aryl methyl sites for hydroxylation is 1. The minimum absolute atomic E-state index is 0.0374. The molecule has 0 saturated heterocycles. The topological polar surface area (TPSA) is 66.4 Å². The lowest BCUT2D eigenvalue weighted by atomic mass is 10.2. The first-order chi connectivity index (χ1) is 9.44. The number of benzene rings is 1. The molecule has 0 saturated carbocycles. The number of anilines is 1. The minimum atomic E-state index is -3.81. The molecule has 0 unspecified atom stereocenters. The van der Waals surface area contributed by atoms with E-state index in [9.17, 15) is 12.8 Å². The molecule has 0 aliphatic heterocycles. The second-order valence-corrected chi connectivity index (χ2v) is 7.31. The van der Waals surface area contributed by atoms with Gasteiger partial charge >= 0.3 is 0 Å². The molecular weight excluding hydrogens is 301 g/mol. The molecule has 7 heteroatoms. The third kappa shape index (κ3) is 3.17. The maximum Gasteiger partial charge on any atom is 0.271 e. The third-order valence-corrected chi connectivity index (χ3v) is 5.70. The lowest BCUT2D eigenvalue weighted by Crippen LogP contribution is -2.13. The van der Waals surface area contributed by atoms with Crippen molar-refractivity contribution in [2.45, 2.75) is 17.6 Å². The summed E-state index contributed by atoms with van der Waals surface area (Å²) in [7, 11) is -3.81. The van der Waals surface area contributed by atoms with E-state index in [0.717, 1.165) is 16.2 Å². The van der Waals surface area contributed by atoms with Crippen molar-refractivity contribution in [1.82, 2.24) is 0 Å². The number of aliphatic hydroxyl groups is 1.